The highest BCUT2D eigenvalue weighted by molar-refractivity contribution is 5.95. The molecule has 0 bridgehead atoms. The third-order valence-electron chi connectivity index (χ3n) is 8.42. The highest BCUT2D eigenvalue weighted by Gasteiger charge is 2.30. The van der Waals surface area contributed by atoms with Gasteiger partial charge in [-0.3, -0.25) is 10.0 Å². The quantitative estimate of drug-likeness (QED) is 0.178. The van der Waals surface area contributed by atoms with Crippen molar-refractivity contribution in [1.82, 2.24) is 20.0 Å². The summed E-state index contributed by atoms with van der Waals surface area (Å²) < 4.78 is 12.7. The maximum absolute atomic E-state index is 6.34. The monoisotopic (exact) mass is 628 g/mol. The Morgan fingerprint density at radius 1 is 0.417 bits per heavy atom. The number of hydrogen-bond acceptors (Lipinski definition) is 8. The van der Waals surface area contributed by atoms with Gasteiger partial charge in [0.05, 0.1) is 11.4 Å². The molecule has 0 spiro atoms. The molecular weight excluding hydrogens is 596 g/mol. The van der Waals surface area contributed by atoms with Gasteiger partial charge in [0.15, 0.2) is 0 Å². The summed E-state index contributed by atoms with van der Waals surface area (Å²) in [6.45, 7) is 0. The summed E-state index contributed by atoms with van der Waals surface area (Å²) in [5.41, 5.74) is 9.33. The van der Waals surface area contributed by atoms with E-state index in [9.17, 15) is 0 Å². The van der Waals surface area contributed by atoms with Gasteiger partial charge in [-0.05, 0) is 58.7 Å². The first-order valence-corrected chi connectivity index (χ1v) is 15.8. The van der Waals surface area contributed by atoms with Gasteiger partial charge in [-0.2, -0.15) is 0 Å². The van der Waals surface area contributed by atoms with E-state index in [1.165, 1.54) is 11.1 Å². The summed E-state index contributed by atoms with van der Waals surface area (Å²) in [5, 5.41) is 13.0. The molecule has 0 aliphatic carbocycles. The van der Waals surface area contributed by atoms with E-state index in [0.29, 0.717) is 28.9 Å². The molecule has 2 aliphatic heterocycles. The van der Waals surface area contributed by atoms with Crippen LogP contribution < -0.4 is 0 Å². The lowest BCUT2D eigenvalue weighted by atomic mass is 10.0. The molecular formula is C40H32N6O2. The van der Waals surface area contributed by atoms with Gasteiger partial charge in [-0.25, -0.2) is 9.97 Å². The molecule has 2 aromatic heterocycles. The second-order valence-electron chi connectivity index (χ2n) is 11.7. The summed E-state index contributed by atoms with van der Waals surface area (Å²) >= 11 is 0. The highest BCUT2D eigenvalue weighted by atomic mass is 16.5. The van der Waals surface area contributed by atoms with Crippen LogP contribution in [0.25, 0.3) is 33.6 Å². The van der Waals surface area contributed by atoms with E-state index in [2.05, 4.69) is 70.9 Å². The topological polar surface area (TPSA) is 75.4 Å². The molecule has 48 heavy (non-hydrogen) atoms. The minimum Gasteiger partial charge on any atom is -0.445 e. The largest absolute Gasteiger partial charge is 0.445 e. The van der Waals surface area contributed by atoms with Crippen molar-refractivity contribution < 1.29 is 9.47 Å². The van der Waals surface area contributed by atoms with E-state index < -0.39 is 6.23 Å². The number of nitrogens with zero attached hydrogens (tertiary/aromatic N) is 6. The average Bonchev–Trinajstić information content (AvgIpc) is 3.75. The SMILES string of the molecule is CN1N=C(c2cccc(-c3cccc(C4OC(c5ccc(-c6ccccc6)cc5)=NN4C)n3)n2)OC1c1ccc(-c2ccccc2)cc1. The molecule has 2 unspecified atom stereocenters. The van der Waals surface area contributed by atoms with Crippen molar-refractivity contribution in [2.24, 2.45) is 10.2 Å². The fourth-order valence-corrected chi connectivity index (χ4v) is 5.91. The maximum Gasteiger partial charge on any atom is 0.259 e. The number of aromatic nitrogens is 2. The Bertz CT molecular complexity index is 2120. The van der Waals surface area contributed by atoms with Crippen LogP contribution in [0.2, 0.25) is 0 Å². The van der Waals surface area contributed by atoms with Gasteiger partial charge in [0.2, 0.25) is 18.4 Å². The van der Waals surface area contributed by atoms with Crippen molar-refractivity contribution in [3.05, 3.63) is 168 Å². The van der Waals surface area contributed by atoms with E-state index >= 15 is 0 Å². The lowest BCUT2D eigenvalue weighted by molar-refractivity contribution is 0.0740. The summed E-state index contributed by atoms with van der Waals surface area (Å²) in [5.74, 6) is 1.02. The number of ether oxygens (including phenoxy) is 2. The summed E-state index contributed by atoms with van der Waals surface area (Å²) in [6.07, 6.45) is -0.822. The Morgan fingerprint density at radius 3 is 1.56 bits per heavy atom. The van der Waals surface area contributed by atoms with Crippen molar-refractivity contribution >= 4 is 11.8 Å². The van der Waals surface area contributed by atoms with E-state index in [4.69, 9.17) is 19.4 Å². The van der Waals surface area contributed by atoms with Gasteiger partial charge in [-0.15, -0.1) is 10.2 Å². The zero-order chi connectivity index (χ0) is 32.5. The molecule has 8 heteroatoms. The van der Waals surface area contributed by atoms with Crippen molar-refractivity contribution in [3.8, 4) is 33.6 Å². The molecule has 4 heterocycles. The van der Waals surface area contributed by atoms with Crippen LogP contribution in [0.15, 0.2) is 156 Å². The van der Waals surface area contributed by atoms with Crippen molar-refractivity contribution in [2.45, 2.75) is 12.5 Å². The first-order valence-electron chi connectivity index (χ1n) is 15.8. The van der Waals surface area contributed by atoms with E-state index in [-0.39, 0.29) is 6.23 Å². The van der Waals surface area contributed by atoms with Crippen LogP contribution in [0, 0.1) is 0 Å². The second-order valence-corrected chi connectivity index (χ2v) is 11.7. The number of hydrogen-bond donors (Lipinski definition) is 0. The Hall–Kier alpha value is -6.28. The van der Waals surface area contributed by atoms with Crippen LogP contribution in [0.5, 0.6) is 0 Å². The second kappa shape index (κ2) is 12.5. The summed E-state index contributed by atoms with van der Waals surface area (Å²) in [7, 11) is 3.80. The van der Waals surface area contributed by atoms with Crippen LogP contribution in [-0.2, 0) is 9.47 Å². The highest BCUT2D eigenvalue weighted by Crippen LogP contribution is 2.32. The molecule has 234 valence electrons. The molecule has 4 aromatic carbocycles. The first kappa shape index (κ1) is 29.1. The molecule has 2 aliphatic rings. The van der Waals surface area contributed by atoms with Crippen LogP contribution in [0.3, 0.4) is 0 Å². The zero-order valence-electron chi connectivity index (χ0n) is 26.5. The third kappa shape index (κ3) is 5.76. The lowest BCUT2D eigenvalue weighted by Crippen LogP contribution is -2.17. The van der Waals surface area contributed by atoms with Crippen LogP contribution >= 0.6 is 0 Å². The molecule has 0 saturated carbocycles. The third-order valence-corrected chi connectivity index (χ3v) is 8.42. The Kier molecular flexibility index (Phi) is 7.58. The average molecular weight is 629 g/mol. The van der Waals surface area contributed by atoms with E-state index in [1.54, 1.807) is 5.01 Å². The van der Waals surface area contributed by atoms with Crippen LogP contribution in [-0.4, -0.2) is 45.9 Å². The molecule has 0 amide bonds. The van der Waals surface area contributed by atoms with E-state index in [0.717, 1.165) is 27.9 Å². The predicted molar refractivity (Wildman–Crippen MR) is 187 cm³/mol. The molecule has 6 aromatic rings. The molecule has 0 N–H and O–H groups in total. The van der Waals surface area contributed by atoms with E-state index in [1.807, 2.05) is 104 Å². The summed E-state index contributed by atoms with van der Waals surface area (Å²) in [6, 6.07) is 48.9. The fraction of sp³-hybridized carbons (Fsp3) is 0.100. The number of hydrazone groups is 2. The van der Waals surface area contributed by atoms with Crippen molar-refractivity contribution in [3.63, 3.8) is 0 Å². The molecule has 2 atom stereocenters. The van der Waals surface area contributed by atoms with Gasteiger partial charge in [-0.1, -0.05) is 109 Å². The lowest BCUT2D eigenvalue weighted by Gasteiger charge is -2.18. The summed E-state index contributed by atoms with van der Waals surface area (Å²) in [4.78, 5) is 9.84. The van der Waals surface area contributed by atoms with Crippen molar-refractivity contribution in [2.75, 3.05) is 14.1 Å². The van der Waals surface area contributed by atoms with Crippen LogP contribution in [0.4, 0.5) is 0 Å². The van der Waals surface area contributed by atoms with Gasteiger partial charge < -0.3 is 9.47 Å². The number of rotatable bonds is 7. The molecule has 8 rings (SSSR count). The standard InChI is InChI=1S/C40H32N6O2/c1-45-39(32-25-21-30(22-26-32)28-13-7-4-8-14-28)48-38(44-45)35-17-9-15-33(41-35)34-16-10-18-36(42-34)40-46(2)43-37(47-40)31-23-19-29(20-24-31)27-11-5-3-6-12-27/h3-26,39-40H,1-2H3. The van der Waals surface area contributed by atoms with Gasteiger partial charge in [0.1, 0.15) is 11.4 Å². The Balaban J connectivity index is 0.969. The molecule has 0 radical (unpaired) electrons. The van der Waals surface area contributed by atoms with Gasteiger partial charge in [0, 0.05) is 25.2 Å². The van der Waals surface area contributed by atoms with Gasteiger partial charge in [0.25, 0.3) is 5.90 Å². The first-order chi connectivity index (χ1) is 23.6. The minimum atomic E-state index is -0.470. The molecule has 8 nitrogen and oxygen atoms in total. The number of pyridine rings is 2. The minimum absolute atomic E-state index is 0.351. The Morgan fingerprint density at radius 2 is 0.896 bits per heavy atom. The normalized spacial score (nSPS) is 17.0. The predicted octanol–water partition coefficient (Wildman–Crippen LogP) is 8.12. The van der Waals surface area contributed by atoms with Gasteiger partial charge >= 0.3 is 0 Å². The molecule has 0 saturated heterocycles. The molecule has 0 fully saturated rings. The number of benzene rings is 4. The van der Waals surface area contributed by atoms with Crippen LogP contribution in [0.1, 0.15) is 35.0 Å². The maximum atomic E-state index is 6.34. The zero-order valence-corrected chi connectivity index (χ0v) is 26.5. The smallest absolute Gasteiger partial charge is 0.259 e. The fourth-order valence-electron chi connectivity index (χ4n) is 5.91. The Labute approximate surface area is 279 Å². The van der Waals surface area contributed by atoms with Crippen molar-refractivity contribution in [1.29, 1.82) is 0 Å².